The minimum Gasteiger partial charge on any atom is -0.455 e. The lowest BCUT2D eigenvalue weighted by Gasteiger charge is -2.34. The van der Waals surface area contributed by atoms with E-state index in [9.17, 15) is 4.79 Å². The maximum atomic E-state index is 11.8. The zero-order valence-electron chi connectivity index (χ0n) is 11.1. The number of carbonyl (C=O) groups excluding carboxylic acids is 1. The quantitative estimate of drug-likeness (QED) is 0.422. The largest absolute Gasteiger partial charge is 0.455 e. The second-order valence-corrected chi connectivity index (χ2v) is 6.06. The molecule has 0 aromatic rings. The van der Waals surface area contributed by atoms with Crippen molar-refractivity contribution in [1.29, 1.82) is 0 Å². The summed E-state index contributed by atoms with van der Waals surface area (Å²) in [5, 5.41) is 0. The summed E-state index contributed by atoms with van der Waals surface area (Å²) in [6.45, 7) is 7.73. The van der Waals surface area contributed by atoms with Crippen molar-refractivity contribution in [3.63, 3.8) is 0 Å². The molecular weight excluding hydrogens is 212 g/mol. The number of carbonyl (C=O) groups is 1. The van der Waals surface area contributed by atoms with Crippen LogP contribution in [0, 0.1) is 11.8 Å². The average Bonchev–Trinajstić information content (AvgIpc) is 3.05. The first kappa shape index (κ1) is 12.7. The van der Waals surface area contributed by atoms with Gasteiger partial charge < -0.3 is 4.74 Å². The first-order valence-electron chi connectivity index (χ1n) is 6.92. The van der Waals surface area contributed by atoms with Gasteiger partial charge in [0.1, 0.15) is 5.60 Å². The van der Waals surface area contributed by atoms with Crippen LogP contribution in [0.15, 0.2) is 12.2 Å². The van der Waals surface area contributed by atoms with E-state index in [2.05, 4.69) is 13.5 Å². The number of esters is 1. The molecule has 2 atom stereocenters. The van der Waals surface area contributed by atoms with Crippen LogP contribution in [0.4, 0.5) is 0 Å². The molecule has 0 spiro atoms. The van der Waals surface area contributed by atoms with Crippen LogP contribution in [0.2, 0.25) is 0 Å². The van der Waals surface area contributed by atoms with E-state index in [1.54, 1.807) is 6.92 Å². The minimum atomic E-state index is -0.189. The molecule has 2 unspecified atom stereocenters. The monoisotopic (exact) mass is 236 g/mol. The third-order valence-corrected chi connectivity index (χ3v) is 4.21. The van der Waals surface area contributed by atoms with E-state index >= 15 is 0 Å². The Labute approximate surface area is 104 Å². The second-order valence-electron chi connectivity index (χ2n) is 6.06. The van der Waals surface area contributed by atoms with Gasteiger partial charge in [0, 0.05) is 5.57 Å². The Balaban J connectivity index is 2.12. The third-order valence-electron chi connectivity index (χ3n) is 4.21. The molecule has 2 nitrogen and oxygen atoms in total. The molecule has 2 fully saturated rings. The summed E-state index contributed by atoms with van der Waals surface area (Å²) in [5.74, 6) is 1.10. The van der Waals surface area contributed by atoms with Crippen LogP contribution in [0.3, 0.4) is 0 Å². The normalized spacial score (nSPS) is 33.9. The van der Waals surface area contributed by atoms with Crippen LogP contribution >= 0.6 is 0 Å². The van der Waals surface area contributed by atoms with Gasteiger partial charge in [0.25, 0.3) is 0 Å². The lowest BCUT2D eigenvalue weighted by molar-refractivity contribution is -0.160. The van der Waals surface area contributed by atoms with Crippen molar-refractivity contribution >= 4 is 5.97 Å². The van der Waals surface area contributed by atoms with Crippen molar-refractivity contribution < 1.29 is 9.53 Å². The Kier molecular flexibility index (Phi) is 3.60. The van der Waals surface area contributed by atoms with E-state index in [4.69, 9.17) is 4.74 Å². The van der Waals surface area contributed by atoms with E-state index < -0.39 is 0 Å². The predicted molar refractivity (Wildman–Crippen MR) is 68.6 cm³/mol. The fourth-order valence-corrected chi connectivity index (χ4v) is 3.14. The van der Waals surface area contributed by atoms with Crippen LogP contribution in [0.5, 0.6) is 0 Å². The highest BCUT2D eigenvalue weighted by Gasteiger charge is 2.49. The summed E-state index contributed by atoms with van der Waals surface area (Å²) in [6.07, 6.45) is 8.33. The molecule has 0 aromatic heterocycles. The average molecular weight is 236 g/mol. The van der Waals surface area contributed by atoms with Crippen molar-refractivity contribution in [2.75, 3.05) is 0 Å². The molecule has 2 saturated carbocycles. The number of hydrogen-bond acceptors (Lipinski definition) is 2. The molecule has 2 heteroatoms. The van der Waals surface area contributed by atoms with Crippen LogP contribution in [0.1, 0.15) is 58.8 Å². The molecule has 0 saturated heterocycles. The van der Waals surface area contributed by atoms with Crippen molar-refractivity contribution in [1.82, 2.24) is 0 Å². The molecule has 17 heavy (non-hydrogen) atoms. The molecule has 0 aliphatic heterocycles. The highest BCUT2D eigenvalue weighted by atomic mass is 16.6. The maximum absolute atomic E-state index is 11.8. The molecule has 0 radical (unpaired) electrons. The smallest absolute Gasteiger partial charge is 0.333 e. The van der Waals surface area contributed by atoms with Gasteiger partial charge in [-0.2, -0.15) is 0 Å². The third kappa shape index (κ3) is 2.91. The summed E-state index contributed by atoms with van der Waals surface area (Å²) in [6, 6.07) is 0. The van der Waals surface area contributed by atoms with E-state index in [1.807, 2.05) is 0 Å². The van der Waals surface area contributed by atoms with Gasteiger partial charge in [-0.15, -0.1) is 0 Å². The molecule has 0 aromatic carbocycles. The number of ether oxygens (including phenoxy) is 1. The lowest BCUT2D eigenvalue weighted by atomic mass is 9.85. The van der Waals surface area contributed by atoms with Crippen molar-refractivity contribution in [2.24, 2.45) is 11.8 Å². The molecule has 0 heterocycles. The minimum absolute atomic E-state index is 0.161. The maximum Gasteiger partial charge on any atom is 0.333 e. The Morgan fingerprint density at radius 1 is 1.29 bits per heavy atom. The Morgan fingerprint density at radius 2 is 2.00 bits per heavy atom. The first-order chi connectivity index (χ1) is 8.03. The van der Waals surface area contributed by atoms with E-state index in [0.29, 0.717) is 17.4 Å². The van der Waals surface area contributed by atoms with E-state index in [1.165, 1.54) is 32.1 Å². The predicted octanol–water partition coefficient (Wildman–Crippen LogP) is 3.85. The van der Waals surface area contributed by atoms with Crippen molar-refractivity contribution in [3.8, 4) is 0 Å². The Hall–Kier alpha value is -0.790. The SMILES string of the molecule is C=C(C)C(=O)OC1(C2CC2)CCCCC(C)C1. The topological polar surface area (TPSA) is 26.3 Å². The standard InChI is InChI=1S/C15H24O2/c1-11(2)14(16)17-15(13-7-8-13)9-5-4-6-12(3)10-15/h12-13H,1,4-10H2,2-3H3. The van der Waals surface area contributed by atoms with Gasteiger partial charge in [0.05, 0.1) is 0 Å². The molecule has 2 aliphatic carbocycles. The fourth-order valence-electron chi connectivity index (χ4n) is 3.14. The van der Waals surface area contributed by atoms with Gasteiger partial charge >= 0.3 is 5.97 Å². The number of rotatable bonds is 3. The molecular formula is C15H24O2. The first-order valence-corrected chi connectivity index (χ1v) is 6.92. The van der Waals surface area contributed by atoms with Gasteiger partial charge in [0.15, 0.2) is 0 Å². The van der Waals surface area contributed by atoms with Crippen LogP contribution in [-0.4, -0.2) is 11.6 Å². The van der Waals surface area contributed by atoms with E-state index in [-0.39, 0.29) is 11.6 Å². The molecule has 2 rings (SSSR count). The highest BCUT2D eigenvalue weighted by molar-refractivity contribution is 5.87. The summed E-state index contributed by atoms with van der Waals surface area (Å²) in [7, 11) is 0. The molecule has 96 valence electrons. The van der Waals surface area contributed by atoms with Crippen LogP contribution < -0.4 is 0 Å². The number of hydrogen-bond donors (Lipinski definition) is 0. The van der Waals surface area contributed by atoms with Gasteiger partial charge in [-0.3, -0.25) is 0 Å². The summed E-state index contributed by atoms with van der Waals surface area (Å²) in [4.78, 5) is 11.8. The summed E-state index contributed by atoms with van der Waals surface area (Å²) in [5.41, 5.74) is 0.369. The lowest BCUT2D eigenvalue weighted by Crippen LogP contribution is -2.38. The Morgan fingerprint density at radius 3 is 2.59 bits per heavy atom. The van der Waals surface area contributed by atoms with Crippen molar-refractivity contribution in [3.05, 3.63) is 12.2 Å². The van der Waals surface area contributed by atoms with E-state index in [0.717, 1.165) is 12.8 Å². The zero-order chi connectivity index (χ0) is 12.5. The van der Waals surface area contributed by atoms with Gasteiger partial charge in [-0.05, 0) is 50.9 Å². The van der Waals surface area contributed by atoms with Crippen molar-refractivity contribution in [2.45, 2.75) is 64.4 Å². The summed E-state index contributed by atoms with van der Waals surface area (Å²) >= 11 is 0. The van der Waals surface area contributed by atoms with Crippen LogP contribution in [-0.2, 0) is 9.53 Å². The Bertz CT molecular complexity index is 317. The molecule has 0 bridgehead atoms. The van der Waals surface area contributed by atoms with Crippen LogP contribution in [0.25, 0.3) is 0 Å². The summed E-state index contributed by atoms with van der Waals surface area (Å²) < 4.78 is 5.88. The fraction of sp³-hybridized carbons (Fsp3) is 0.800. The van der Waals surface area contributed by atoms with Gasteiger partial charge in [-0.25, -0.2) is 4.79 Å². The van der Waals surface area contributed by atoms with Gasteiger partial charge in [0.2, 0.25) is 0 Å². The second kappa shape index (κ2) is 4.83. The molecule has 0 N–H and O–H groups in total. The molecule has 2 aliphatic rings. The van der Waals surface area contributed by atoms with Gasteiger partial charge in [-0.1, -0.05) is 26.3 Å². The zero-order valence-corrected chi connectivity index (χ0v) is 11.1. The highest BCUT2D eigenvalue weighted by Crippen LogP contribution is 2.50. The molecule has 0 amide bonds.